The summed E-state index contributed by atoms with van der Waals surface area (Å²) in [6.45, 7) is 0.687. The number of amides is 1. The maximum absolute atomic E-state index is 13.4. The molecule has 1 fully saturated rings. The predicted molar refractivity (Wildman–Crippen MR) is 71.2 cm³/mol. The lowest BCUT2D eigenvalue weighted by Crippen LogP contribution is -2.44. The van der Waals surface area contributed by atoms with E-state index in [0.29, 0.717) is 13.0 Å². The van der Waals surface area contributed by atoms with Crippen LogP contribution in [0.1, 0.15) is 36.0 Å². The zero-order chi connectivity index (χ0) is 13.8. The van der Waals surface area contributed by atoms with Crippen LogP contribution in [0.2, 0.25) is 0 Å². The van der Waals surface area contributed by atoms with Gasteiger partial charge in [-0.3, -0.25) is 4.79 Å². The van der Waals surface area contributed by atoms with Crippen LogP contribution in [0.5, 0.6) is 0 Å². The van der Waals surface area contributed by atoms with E-state index in [1.165, 1.54) is 12.1 Å². The van der Waals surface area contributed by atoms with Crippen molar-refractivity contribution in [3.05, 3.63) is 29.6 Å². The van der Waals surface area contributed by atoms with E-state index < -0.39 is 5.82 Å². The van der Waals surface area contributed by atoms with E-state index in [1.807, 2.05) is 0 Å². The van der Waals surface area contributed by atoms with Gasteiger partial charge in [-0.1, -0.05) is 6.07 Å². The number of nitrogens with zero attached hydrogens (tertiary/aromatic N) is 1. The third-order valence-electron chi connectivity index (χ3n) is 3.63. The maximum atomic E-state index is 13.4. The van der Waals surface area contributed by atoms with Crippen molar-refractivity contribution in [1.29, 1.82) is 0 Å². The maximum Gasteiger partial charge on any atom is 0.256 e. The van der Waals surface area contributed by atoms with Crippen molar-refractivity contribution in [2.75, 3.05) is 18.9 Å². The standard InChI is InChI=1S/C14H19FN2O2/c15-12-6-3-5-11(13(12)16)14(19)17-8-2-1-4-10(17)7-9-18/h3,5-6,10,18H,1-2,4,7-9,16H2. The fourth-order valence-electron chi connectivity index (χ4n) is 2.60. The van der Waals surface area contributed by atoms with E-state index in [-0.39, 0.29) is 29.8 Å². The highest BCUT2D eigenvalue weighted by atomic mass is 19.1. The lowest BCUT2D eigenvalue weighted by Gasteiger charge is -2.35. The Morgan fingerprint density at radius 1 is 1.47 bits per heavy atom. The summed E-state index contributed by atoms with van der Waals surface area (Å²) >= 11 is 0. The summed E-state index contributed by atoms with van der Waals surface area (Å²) < 4.78 is 13.4. The summed E-state index contributed by atoms with van der Waals surface area (Å²) in [5.41, 5.74) is 5.75. The number of aliphatic hydroxyl groups excluding tert-OH is 1. The average molecular weight is 266 g/mol. The number of hydrogen-bond donors (Lipinski definition) is 2. The Kier molecular flexibility index (Phi) is 4.37. The Morgan fingerprint density at radius 3 is 3.00 bits per heavy atom. The summed E-state index contributed by atoms with van der Waals surface area (Å²) in [6, 6.07) is 4.30. The number of carbonyl (C=O) groups excluding carboxylic acids is 1. The van der Waals surface area contributed by atoms with Crippen LogP contribution in [-0.2, 0) is 0 Å². The van der Waals surface area contributed by atoms with Gasteiger partial charge in [-0.2, -0.15) is 0 Å². The van der Waals surface area contributed by atoms with E-state index in [4.69, 9.17) is 10.8 Å². The molecular weight excluding hydrogens is 247 g/mol. The number of halogens is 1. The minimum Gasteiger partial charge on any atom is -0.396 e. The SMILES string of the molecule is Nc1c(F)cccc1C(=O)N1CCCCC1CCO. The van der Waals surface area contributed by atoms with Crippen LogP contribution in [0.3, 0.4) is 0 Å². The van der Waals surface area contributed by atoms with Gasteiger partial charge < -0.3 is 15.7 Å². The molecule has 0 aliphatic carbocycles. The van der Waals surface area contributed by atoms with Gasteiger partial charge >= 0.3 is 0 Å². The smallest absolute Gasteiger partial charge is 0.256 e. The number of likely N-dealkylation sites (tertiary alicyclic amines) is 1. The molecule has 1 aliphatic rings. The molecule has 1 aliphatic heterocycles. The minimum atomic E-state index is -0.568. The molecule has 4 nitrogen and oxygen atoms in total. The fraction of sp³-hybridized carbons (Fsp3) is 0.500. The quantitative estimate of drug-likeness (QED) is 0.820. The Morgan fingerprint density at radius 2 is 2.26 bits per heavy atom. The highest BCUT2D eigenvalue weighted by molar-refractivity contribution is 5.99. The van der Waals surface area contributed by atoms with Gasteiger partial charge in [-0.05, 0) is 37.8 Å². The Labute approximate surface area is 112 Å². The van der Waals surface area contributed by atoms with Crippen LogP contribution in [0, 0.1) is 5.82 Å². The van der Waals surface area contributed by atoms with E-state index in [1.54, 1.807) is 11.0 Å². The lowest BCUT2D eigenvalue weighted by molar-refractivity contribution is 0.0575. The lowest BCUT2D eigenvalue weighted by atomic mass is 9.98. The van der Waals surface area contributed by atoms with Crippen molar-refractivity contribution in [3.8, 4) is 0 Å². The van der Waals surface area contributed by atoms with Gasteiger partial charge in [0.1, 0.15) is 5.82 Å². The molecule has 3 N–H and O–H groups in total. The number of piperidine rings is 1. The van der Waals surface area contributed by atoms with Gasteiger partial charge in [-0.15, -0.1) is 0 Å². The summed E-state index contributed by atoms with van der Waals surface area (Å²) in [6.07, 6.45) is 3.42. The van der Waals surface area contributed by atoms with Crippen LogP contribution < -0.4 is 5.73 Å². The molecule has 1 aromatic carbocycles. The molecule has 0 saturated carbocycles. The zero-order valence-electron chi connectivity index (χ0n) is 10.8. The predicted octanol–water partition coefficient (Wildman–Crippen LogP) is 1.79. The molecule has 0 radical (unpaired) electrons. The summed E-state index contributed by atoms with van der Waals surface area (Å²) in [7, 11) is 0. The van der Waals surface area contributed by atoms with Crippen LogP contribution in [0.4, 0.5) is 10.1 Å². The number of benzene rings is 1. The van der Waals surface area contributed by atoms with Gasteiger partial charge in [0.05, 0.1) is 11.3 Å². The highest BCUT2D eigenvalue weighted by Gasteiger charge is 2.28. The van der Waals surface area contributed by atoms with Gasteiger partial charge in [-0.25, -0.2) is 4.39 Å². The van der Waals surface area contributed by atoms with E-state index >= 15 is 0 Å². The molecule has 5 heteroatoms. The average Bonchev–Trinajstić information content (AvgIpc) is 2.42. The molecule has 104 valence electrons. The Hall–Kier alpha value is -1.62. The molecular formula is C14H19FN2O2. The second kappa shape index (κ2) is 6.02. The van der Waals surface area contributed by atoms with Crippen LogP contribution in [-0.4, -0.2) is 35.1 Å². The van der Waals surface area contributed by atoms with Crippen molar-refractivity contribution in [1.82, 2.24) is 4.90 Å². The molecule has 0 bridgehead atoms. The molecule has 1 amide bonds. The number of para-hydroxylation sites is 1. The number of anilines is 1. The summed E-state index contributed by atoms with van der Waals surface area (Å²) in [5.74, 6) is -0.809. The third-order valence-corrected chi connectivity index (χ3v) is 3.63. The van der Waals surface area contributed by atoms with E-state index in [9.17, 15) is 9.18 Å². The first-order chi connectivity index (χ1) is 9.15. The minimum absolute atomic E-state index is 0.0221. The van der Waals surface area contributed by atoms with Crippen molar-refractivity contribution < 1.29 is 14.3 Å². The fourth-order valence-corrected chi connectivity index (χ4v) is 2.60. The number of nitrogen functional groups attached to an aromatic ring is 1. The molecule has 1 atom stereocenters. The van der Waals surface area contributed by atoms with Crippen molar-refractivity contribution in [2.24, 2.45) is 0 Å². The Bertz CT molecular complexity index is 463. The monoisotopic (exact) mass is 266 g/mol. The number of nitrogens with two attached hydrogens (primary N) is 1. The van der Waals surface area contributed by atoms with Gasteiger partial charge in [0.25, 0.3) is 5.91 Å². The van der Waals surface area contributed by atoms with Gasteiger partial charge in [0, 0.05) is 19.2 Å². The van der Waals surface area contributed by atoms with E-state index in [0.717, 1.165) is 19.3 Å². The first-order valence-corrected chi connectivity index (χ1v) is 6.61. The second-order valence-electron chi connectivity index (χ2n) is 4.86. The molecule has 1 unspecified atom stereocenters. The topological polar surface area (TPSA) is 66.6 Å². The largest absolute Gasteiger partial charge is 0.396 e. The van der Waals surface area contributed by atoms with Crippen molar-refractivity contribution >= 4 is 11.6 Å². The molecule has 1 aromatic rings. The Balaban J connectivity index is 2.23. The van der Waals surface area contributed by atoms with Crippen LogP contribution in [0.15, 0.2) is 18.2 Å². The molecule has 1 heterocycles. The number of rotatable bonds is 3. The summed E-state index contributed by atoms with van der Waals surface area (Å²) in [5, 5.41) is 9.06. The van der Waals surface area contributed by atoms with Gasteiger partial charge in [0.15, 0.2) is 0 Å². The number of carbonyl (C=O) groups is 1. The number of aliphatic hydroxyl groups is 1. The first kappa shape index (κ1) is 13.8. The van der Waals surface area contributed by atoms with Crippen molar-refractivity contribution in [3.63, 3.8) is 0 Å². The molecule has 2 rings (SSSR count). The van der Waals surface area contributed by atoms with Crippen molar-refractivity contribution in [2.45, 2.75) is 31.7 Å². The number of hydrogen-bond acceptors (Lipinski definition) is 3. The molecule has 0 aromatic heterocycles. The van der Waals surface area contributed by atoms with Crippen LogP contribution >= 0.6 is 0 Å². The van der Waals surface area contributed by atoms with E-state index in [2.05, 4.69) is 0 Å². The highest BCUT2D eigenvalue weighted by Crippen LogP contribution is 2.24. The summed E-state index contributed by atoms with van der Waals surface area (Å²) in [4.78, 5) is 14.2. The second-order valence-corrected chi connectivity index (χ2v) is 4.86. The first-order valence-electron chi connectivity index (χ1n) is 6.61. The molecule has 19 heavy (non-hydrogen) atoms. The molecule has 1 saturated heterocycles. The normalized spacial score (nSPS) is 19.5. The molecule has 0 spiro atoms. The van der Waals surface area contributed by atoms with Crippen LogP contribution in [0.25, 0.3) is 0 Å². The third kappa shape index (κ3) is 2.87. The zero-order valence-corrected chi connectivity index (χ0v) is 10.8. The van der Waals surface area contributed by atoms with Gasteiger partial charge in [0.2, 0.25) is 0 Å².